The first-order valence-electron chi connectivity index (χ1n) is 11.6. The molecule has 0 aromatic heterocycles. The van der Waals surface area contributed by atoms with Crippen molar-refractivity contribution < 1.29 is 14.6 Å². The zero-order chi connectivity index (χ0) is 23.0. The number of hydrogen-bond donors (Lipinski definition) is 1. The molecule has 0 aliphatic carbocycles. The van der Waals surface area contributed by atoms with Crippen molar-refractivity contribution in [3.63, 3.8) is 0 Å². The van der Waals surface area contributed by atoms with Gasteiger partial charge in [0, 0.05) is 0 Å². The van der Waals surface area contributed by atoms with Crippen LogP contribution < -0.4 is 4.74 Å². The van der Waals surface area contributed by atoms with Gasteiger partial charge in [0.05, 0.1) is 13.0 Å². The second-order valence-corrected chi connectivity index (χ2v) is 8.53. The number of methoxy groups -OCH3 is 1. The maximum absolute atomic E-state index is 11.9. The molecule has 0 spiro atoms. The van der Waals surface area contributed by atoms with Gasteiger partial charge in [-0.15, -0.1) is 0 Å². The zero-order valence-corrected chi connectivity index (χ0v) is 19.0. The van der Waals surface area contributed by atoms with Crippen molar-refractivity contribution in [2.75, 3.05) is 7.11 Å². The van der Waals surface area contributed by atoms with Gasteiger partial charge in [-0.2, -0.15) is 0 Å². The summed E-state index contributed by atoms with van der Waals surface area (Å²) in [4.78, 5) is 11.9. The summed E-state index contributed by atoms with van der Waals surface area (Å²) in [5.74, 6) is -0.177. The summed E-state index contributed by atoms with van der Waals surface area (Å²) in [7, 11) is 1.67. The summed E-state index contributed by atoms with van der Waals surface area (Å²) in [5, 5.41) is 12.3. The molecule has 4 aromatic rings. The smallest absolute Gasteiger partial charge is 0.306 e. The molecule has 0 bridgehead atoms. The minimum Gasteiger partial charge on any atom is -0.497 e. The van der Waals surface area contributed by atoms with Gasteiger partial charge in [0.15, 0.2) is 0 Å². The lowest BCUT2D eigenvalue weighted by atomic mass is 9.92. The lowest BCUT2D eigenvalue weighted by Crippen LogP contribution is -2.15. The number of aryl methyl sites for hydroxylation is 2. The molecule has 0 fully saturated rings. The van der Waals surface area contributed by atoms with Crippen molar-refractivity contribution in [3.05, 3.63) is 102 Å². The van der Waals surface area contributed by atoms with Crippen molar-refractivity contribution in [3.8, 4) is 16.9 Å². The van der Waals surface area contributed by atoms with E-state index >= 15 is 0 Å². The van der Waals surface area contributed by atoms with E-state index in [9.17, 15) is 9.90 Å². The molecule has 0 radical (unpaired) electrons. The number of carboxylic acids is 1. The maximum atomic E-state index is 11.9. The van der Waals surface area contributed by atoms with Gasteiger partial charge in [0.2, 0.25) is 0 Å². The predicted molar refractivity (Wildman–Crippen MR) is 135 cm³/mol. The third-order valence-electron chi connectivity index (χ3n) is 6.37. The summed E-state index contributed by atoms with van der Waals surface area (Å²) in [6, 6.07) is 31.1. The number of hydrogen-bond acceptors (Lipinski definition) is 2. The van der Waals surface area contributed by atoms with E-state index in [4.69, 9.17) is 4.74 Å². The Bertz CT molecular complexity index is 1210. The molecule has 1 N–H and O–H groups in total. The summed E-state index contributed by atoms with van der Waals surface area (Å²) in [6.07, 6.45) is 3.90. The van der Waals surface area contributed by atoms with E-state index in [0.29, 0.717) is 12.8 Å². The fraction of sp³-hybridized carbons (Fsp3) is 0.233. The van der Waals surface area contributed by atoms with Gasteiger partial charge >= 0.3 is 5.97 Å². The molecule has 168 valence electrons. The SMILES string of the molecule is COc1cccc(-c2ccc(CCC(CCCc3cccc4ccccc34)C(=O)O)cc2)c1. The Morgan fingerprint density at radius 1 is 0.818 bits per heavy atom. The van der Waals surface area contributed by atoms with E-state index < -0.39 is 5.97 Å². The van der Waals surface area contributed by atoms with Crippen LogP contribution in [0, 0.1) is 5.92 Å². The number of fused-ring (bicyclic) bond motifs is 1. The molecule has 3 heteroatoms. The third kappa shape index (κ3) is 5.81. The highest BCUT2D eigenvalue weighted by molar-refractivity contribution is 5.85. The van der Waals surface area contributed by atoms with Crippen LogP contribution in [-0.4, -0.2) is 18.2 Å². The molecule has 3 nitrogen and oxygen atoms in total. The third-order valence-corrected chi connectivity index (χ3v) is 6.37. The second-order valence-electron chi connectivity index (χ2n) is 8.53. The van der Waals surface area contributed by atoms with E-state index in [1.165, 1.54) is 21.9 Å². The second kappa shape index (κ2) is 10.8. The van der Waals surface area contributed by atoms with Crippen LogP contribution in [0.2, 0.25) is 0 Å². The van der Waals surface area contributed by atoms with Gasteiger partial charge in [0.1, 0.15) is 5.75 Å². The van der Waals surface area contributed by atoms with Crippen LogP contribution in [0.1, 0.15) is 30.4 Å². The van der Waals surface area contributed by atoms with Crippen molar-refractivity contribution in [2.24, 2.45) is 5.92 Å². The van der Waals surface area contributed by atoms with Crippen LogP contribution in [0.15, 0.2) is 91.0 Å². The first-order chi connectivity index (χ1) is 16.1. The largest absolute Gasteiger partial charge is 0.497 e. The number of aliphatic carboxylic acids is 1. The molecule has 0 saturated carbocycles. The molecule has 1 unspecified atom stereocenters. The molecule has 1 atom stereocenters. The van der Waals surface area contributed by atoms with Gasteiger partial charge in [-0.1, -0.05) is 78.9 Å². The molecule has 4 aromatic carbocycles. The van der Waals surface area contributed by atoms with E-state index in [1.807, 2.05) is 18.2 Å². The summed E-state index contributed by atoms with van der Waals surface area (Å²) < 4.78 is 5.31. The van der Waals surface area contributed by atoms with Crippen molar-refractivity contribution in [2.45, 2.75) is 32.1 Å². The van der Waals surface area contributed by atoms with Crippen LogP contribution >= 0.6 is 0 Å². The Hall–Kier alpha value is -3.59. The van der Waals surface area contributed by atoms with Crippen molar-refractivity contribution in [1.29, 1.82) is 0 Å². The minimum atomic E-state index is -0.694. The number of rotatable bonds is 10. The zero-order valence-electron chi connectivity index (χ0n) is 19.0. The molecule has 0 saturated heterocycles. The maximum Gasteiger partial charge on any atom is 0.306 e. The van der Waals surface area contributed by atoms with Gasteiger partial charge in [0.25, 0.3) is 0 Å². The topological polar surface area (TPSA) is 46.5 Å². The van der Waals surface area contributed by atoms with E-state index in [0.717, 1.165) is 36.1 Å². The van der Waals surface area contributed by atoms with Crippen LogP contribution in [-0.2, 0) is 17.6 Å². The Morgan fingerprint density at radius 2 is 1.58 bits per heavy atom. The van der Waals surface area contributed by atoms with Gasteiger partial charge in [-0.05, 0) is 77.3 Å². The highest BCUT2D eigenvalue weighted by atomic mass is 16.5. The summed E-state index contributed by atoms with van der Waals surface area (Å²) >= 11 is 0. The molecular weight excluding hydrogens is 408 g/mol. The lowest BCUT2D eigenvalue weighted by Gasteiger charge is -2.13. The first-order valence-corrected chi connectivity index (χ1v) is 11.6. The van der Waals surface area contributed by atoms with Gasteiger partial charge in [-0.25, -0.2) is 0 Å². The Labute approximate surface area is 195 Å². The van der Waals surface area contributed by atoms with Crippen LogP contribution in [0.25, 0.3) is 21.9 Å². The number of ether oxygens (including phenoxy) is 1. The van der Waals surface area contributed by atoms with Crippen molar-refractivity contribution >= 4 is 16.7 Å². The number of carbonyl (C=O) groups is 1. The monoisotopic (exact) mass is 438 g/mol. The Morgan fingerprint density at radius 3 is 2.36 bits per heavy atom. The summed E-state index contributed by atoms with van der Waals surface area (Å²) in [6.45, 7) is 0. The fourth-order valence-corrected chi connectivity index (χ4v) is 4.45. The molecule has 4 rings (SSSR count). The minimum absolute atomic E-state index is 0.321. The van der Waals surface area contributed by atoms with E-state index in [1.54, 1.807) is 7.11 Å². The van der Waals surface area contributed by atoms with Crippen LogP contribution in [0.5, 0.6) is 5.75 Å². The standard InChI is InChI=1S/C30H30O3/c1-33-28-13-6-12-27(21-28)23-18-15-22(16-19-23)17-20-26(30(31)32)11-5-10-25-9-4-8-24-7-2-3-14-29(24)25/h2-4,6-9,12-16,18-19,21,26H,5,10-11,17,20H2,1H3,(H,31,32). The lowest BCUT2D eigenvalue weighted by molar-refractivity contribution is -0.142. The van der Waals surface area contributed by atoms with Crippen LogP contribution in [0.4, 0.5) is 0 Å². The number of carboxylic acid groups (broad SMARTS) is 1. The Balaban J connectivity index is 1.33. The Kier molecular flexibility index (Phi) is 7.41. The highest BCUT2D eigenvalue weighted by Crippen LogP contribution is 2.26. The molecule has 0 aliphatic rings. The molecular formula is C30H30O3. The average molecular weight is 439 g/mol. The highest BCUT2D eigenvalue weighted by Gasteiger charge is 2.17. The quantitative estimate of drug-likeness (QED) is 0.285. The first kappa shape index (κ1) is 22.6. The van der Waals surface area contributed by atoms with Gasteiger partial charge in [-0.3, -0.25) is 4.79 Å². The number of benzene rings is 4. The molecule has 0 heterocycles. The van der Waals surface area contributed by atoms with Crippen molar-refractivity contribution in [1.82, 2.24) is 0 Å². The fourth-order valence-electron chi connectivity index (χ4n) is 4.45. The van der Waals surface area contributed by atoms with E-state index in [2.05, 4.69) is 72.8 Å². The molecule has 0 amide bonds. The predicted octanol–water partition coefficient (Wildman–Crippen LogP) is 7.17. The van der Waals surface area contributed by atoms with Crippen LogP contribution in [0.3, 0.4) is 0 Å². The summed E-state index contributed by atoms with van der Waals surface area (Å²) in [5.41, 5.74) is 4.70. The normalized spacial score (nSPS) is 11.9. The average Bonchev–Trinajstić information content (AvgIpc) is 2.86. The molecule has 0 aliphatic heterocycles. The van der Waals surface area contributed by atoms with E-state index in [-0.39, 0.29) is 5.92 Å². The molecule has 33 heavy (non-hydrogen) atoms. The van der Waals surface area contributed by atoms with Gasteiger partial charge < -0.3 is 9.84 Å².